The molecule has 1 N–H and O–H groups in total. The Morgan fingerprint density at radius 3 is 2.36 bits per heavy atom. The zero-order valence-corrected chi connectivity index (χ0v) is 7.04. The van der Waals surface area contributed by atoms with Gasteiger partial charge in [0.25, 0.3) is 0 Å². The van der Waals surface area contributed by atoms with Gasteiger partial charge >= 0.3 is 12.1 Å². The van der Waals surface area contributed by atoms with E-state index in [1.54, 1.807) is 0 Å². The summed E-state index contributed by atoms with van der Waals surface area (Å²) in [6, 6.07) is 0. The van der Waals surface area contributed by atoms with Gasteiger partial charge in [0.1, 0.15) is 0 Å². The van der Waals surface area contributed by atoms with Gasteiger partial charge in [0.05, 0.1) is 6.54 Å². The number of carboxylic acids is 1. The Morgan fingerprint density at radius 2 is 2.07 bits per heavy atom. The molecule has 0 fully saturated rings. The third-order valence-corrected chi connectivity index (χ3v) is 1.41. The van der Waals surface area contributed by atoms with Crippen molar-refractivity contribution in [2.24, 2.45) is 0 Å². The van der Waals surface area contributed by atoms with Gasteiger partial charge in [0.15, 0.2) is 0 Å². The van der Waals surface area contributed by atoms with E-state index < -0.39 is 23.5 Å². The molecule has 78 valence electrons. The summed E-state index contributed by atoms with van der Waals surface area (Å²) < 4.78 is 36.5. The normalized spacial score (nSPS) is 11.7. The average molecular weight is 209 g/mol. The van der Waals surface area contributed by atoms with Crippen molar-refractivity contribution in [2.75, 3.05) is 0 Å². The highest BCUT2D eigenvalue weighted by Gasteiger charge is 2.40. The highest BCUT2D eigenvalue weighted by atomic mass is 19.4. The third-order valence-electron chi connectivity index (χ3n) is 1.41. The molecule has 1 aromatic rings. The van der Waals surface area contributed by atoms with Crippen LogP contribution in [0, 0.1) is 0 Å². The van der Waals surface area contributed by atoms with Gasteiger partial charge in [0, 0.05) is 0 Å². The number of hydrogen-bond donors (Lipinski definition) is 1. The number of aromatic nitrogens is 3. The number of aryl methyl sites for hydroxylation is 1. The van der Waals surface area contributed by atoms with Crippen LogP contribution in [0.25, 0.3) is 0 Å². The van der Waals surface area contributed by atoms with E-state index in [0.29, 0.717) is 4.80 Å². The molecule has 1 heterocycles. The Labute approximate surface area is 76.1 Å². The minimum atomic E-state index is -4.79. The fourth-order valence-corrected chi connectivity index (χ4v) is 0.824. The highest BCUT2D eigenvalue weighted by molar-refractivity contribution is 5.86. The van der Waals surface area contributed by atoms with E-state index in [1.165, 1.54) is 6.92 Å². The first-order valence-electron chi connectivity index (χ1n) is 3.62. The minimum absolute atomic E-state index is 0.0797. The van der Waals surface area contributed by atoms with Gasteiger partial charge in [-0.3, -0.25) is 0 Å². The van der Waals surface area contributed by atoms with Gasteiger partial charge in [-0.1, -0.05) is 0 Å². The van der Waals surface area contributed by atoms with Crippen LogP contribution in [0.4, 0.5) is 13.2 Å². The summed E-state index contributed by atoms with van der Waals surface area (Å²) in [5.41, 5.74) is -2.54. The van der Waals surface area contributed by atoms with Crippen molar-refractivity contribution in [1.82, 2.24) is 15.0 Å². The number of carbonyl (C=O) groups is 1. The third kappa shape index (κ3) is 1.83. The van der Waals surface area contributed by atoms with Crippen molar-refractivity contribution in [2.45, 2.75) is 19.6 Å². The smallest absolute Gasteiger partial charge is 0.437 e. The van der Waals surface area contributed by atoms with Crippen LogP contribution in [0.2, 0.25) is 0 Å². The monoisotopic (exact) mass is 209 g/mol. The summed E-state index contributed by atoms with van der Waals surface area (Å²) in [6.07, 6.45) is -4.79. The van der Waals surface area contributed by atoms with E-state index in [2.05, 4.69) is 10.2 Å². The molecule has 0 aromatic carbocycles. The molecular weight excluding hydrogens is 203 g/mol. The molecule has 0 atom stereocenters. The van der Waals surface area contributed by atoms with Crippen LogP contribution >= 0.6 is 0 Å². The van der Waals surface area contributed by atoms with Crippen molar-refractivity contribution >= 4 is 5.97 Å². The number of halogens is 3. The first kappa shape index (κ1) is 10.5. The van der Waals surface area contributed by atoms with Crippen LogP contribution in [-0.2, 0) is 12.7 Å². The highest BCUT2D eigenvalue weighted by Crippen LogP contribution is 2.29. The first-order chi connectivity index (χ1) is 6.36. The molecule has 0 spiro atoms. The van der Waals surface area contributed by atoms with Crippen LogP contribution < -0.4 is 0 Å². The van der Waals surface area contributed by atoms with Crippen molar-refractivity contribution in [3.05, 3.63) is 11.4 Å². The fraction of sp³-hybridized carbons (Fsp3) is 0.500. The lowest BCUT2D eigenvalue weighted by molar-refractivity contribution is -0.142. The predicted octanol–water partition coefficient (Wildman–Crippen LogP) is 1.02. The van der Waals surface area contributed by atoms with Crippen molar-refractivity contribution in [3.63, 3.8) is 0 Å². The molecule has 0 aliphatic rings. The van der Waals surface area contributed by atoms with Gasteiger partial charge in [-0.25, -0.2) is 4.79 Å². The number of hydrogen-bond acceptors (Lipinski definition) is 3. The maximum absolute atomic E-state index is 12.2. The van der Waals surface area contributed by atoms with E-state index >= 15 is 0 Å². The standard InChI is InChI=1S/C6H6F3N3O2/c1-2-12-10-3(5(13)14)4(11-12)6(7,8)9/h2H2,1H3,(H,13,14). The Hall–Kier alpha value is -1.60. The zero-order chi connectivity index (χ0) is 10.9. The molecule has 0 saturated heterocycles. The Kier molecular flexibility index (Phi) is 2.45. The van der Waals surface area contributed by atoms with Crippen molar-refractivity contribution in [3.8, 4) is 0 Å². The second-order valence-electron chi connectivity index (χ2n) is 2.39. The summed E-state index contributed by atoms with van der Waals surface area (Å²) in [5.74, 6) is -1.74. The van der Waals surface area contributed by atoms with Crippen LogP contribution in [0.3, 0.4) is 0 Å². The number of alkyl halides is 3. The molecule has 0 saturated carbocycles. The van der Waals surface area contributed by atoms with Gasteiger partial charge in [0.2, 0.25) is 11.4 Å². The van der Waals surface area contributed by atoms with Gasteiger partial charge in [-0.15, -0.1) is 10.2 Å². The molecule has 0 bridgehead atoms. The van der Waals surface area contributed by atoms with E-state index in [9.17, 15) is 18.0 Å². The lowest BCUT2D eigenvalue weighted by atomic mass is 10.3. The summed E-state index contributed by atoms with van der Waals surface area (Å²) >= 11 is 0. The van der Waals surface area contributed by atoms with Crippen LogP contribution in [0.15, 0.2) is 0 Å². The minimum Gasteiger partial charge on any atom is -0.476 e. The molecule has 1 rings (SSSR count). The molecule has 0 amide bonds. The van der Waals surface area contributed by atoms with Crippen LogP contribution in [-0.4, -0.2) is 26.1 Å². The number of carboxylic acid groups (broad SMARTS) is 1. The van der Waals surface area contributed by atoms with Crippen molar-refractivity contribution in [1.29, 1.82) is 0 Å². The van der Waals surface area contributed by atoms with E-state index in [1.807, 2.05) is 0 Å². The lowest BCUT2D eigenvalue weighted by Crippen LogP contribution is -2.12. The Bertz CT molecular complexity index is 358. The molecule has 1 aromatic heterocycles. The van der Waals surface area contributed by atoms with E-state index in [-0.39, 0.29) is 6.54 Å². The fourth-order valence-electron chi connectivity index (χ4n) is 0.824. The Balaban J connectivity index is 3.26. The number of nitrogens with zero attached hydrogens (tertiary/aromatic N) is 3. The van der Waals surface area contributed by atoms with Crippen molar-refractivity contribution < 1.29 is 23.1 Å². The first-order valence-corrected chi connectivity index (χ1v) is 3.62. The largest absolute Gasteiger partial charge is 0.476 e. The quantitative estimate of drug-likeness (QED) is 0.789. The van der Waals surface area contributed by atoms with Crippen LogP contribution in [0.1, 0.15) is 23.1 Å². The summed E-state index contributed by atoms with van der Waals surface area (Å²) in [7, 11) is 0. The average Bonchev–Trinajstić information content (AvgIpc) is 2.46. The van der Waals surface area contributed by atoms with Crippen LogP contribution in [0.5, 0.6) is 0 Å². The predicted molar refractivity (Wildman–Crippen MR) is 37.7 cm³/mol. The number of rotatable bonds is 2. The maximum atomic E-state index is 12.2. The topological polar surface area (TPSA) is 68.0 Å². The summed E-state index contributed by atoms with van der Waals surface area (Å²) in [4.78, 5) is 11.1. The molecule has 5 nitrogen and oxygen atoms in total. The Morgan fingerprint density at radius 1 is 1.50 bits per heavy atom. The molecule has 0 aliphatic carbocycles. The van der Waals surface area contributed by atoms with Gasteiger partial charge in [-0.05, 0) is 6.92 Å². The van der Waals surface area contributed by atoms with E-state index in [0.717, 1.165) is 0 Å². The zero-order valence-electron chi connectivity index (χ0n) is 7.04. The van der Waals surface area contributed by atoms with Gasteiger partial charge in [-0.2, -0.15) is 18.0 Å². The lowest BCUT2D eigenvalue weighted by Gasteiger charge is -2.00. The van der Waals surface area contributed by atoms with E-state index in [4.69, 9.17) is 5.11 Å². The SMILES string of the molecule is CCn1nc(C(=O)O)c(C(F)(F)F)n1. The molecular formula is C6H6F3N3O2. The molecule has 14 heavy (non-hydrogen) atoms. The maximum Gasteiger partial charge on any atom is 0.437 e. The summed E-state index contributed by atoms with van der Waals surface area (Å²) in [6.45, 7) is 1.59. The second kappa shape index (κ2) is 3.28. The molecule has 0 radical (unpaired) electrons. The number of aromatic carboxylic acids is 1. The second-order valence-corrected chi connectivity index (χ2v) is 2.39. The molecule has 8 heteroatoms. The molecule has 0 unspecified atom stereocenters. The molecule has 0 aliphatic heterocycles. The van der Waals surface area contributed by atoms with Gasteiger partial charge < -0.3 is 5.11 Å². The summed E-state index contributed by atoms with van der Waals surface area (Å²) in [5, 5.41) is 14.6.